The minimum Gasteiger partial charge on any atom is -0.352 e. The van der Waals surface area contributed by atoms with Gasteiger partial charge in [-0.3, -0.25) is 4.79 Å². The van der Waals surface area contributed by atoms with Gasteiger partial charge in [0.15, 0.2) is 0 Å². The Labute approximate surface area is 123 Å². The number of nitrogens with zero attached hydrogens (tertiary/aromatic N) is 2. The van der Waals surface area contributed by atoms with Crippen molar-refractivity contribution in [1.29, 1.82) is 0 Å². The Bertz CT molecular complexity index is 734. The molecule has 2 aromatic heterocycles. The van der Waals surface area contributed by atoms with E-state index in [2.05, 4.69) is 22.4 Å². The molecule has 21 heavy (non-hydrogen) atoms. The van der Waals surface area contributed by atoms with Crippen LogP contribution >= 0.6 is 0 Å². The van der Waals surface area contributed by atoms with Crippen molar-refractivity contribution in [3.63, 3.8) is 0 Å². The monoisotopic (exact) mass is 279 g/mol. The summed E-state index contributed by atoms with van der Waals surface area (Å²) in [6, 6.07) is 13.9. The Balaban J connectivity index is 1.52. The van der Waals surface area contributed by atoms with Crippen LogP contribution in [0.25, 0.3) is 5.65 Å². The third kappa shape index (κ3) is 3.28. The number of hydrogen-bond acceptors (Lipinski definition) is 2. The van der Waals surface area contributed by atoms with E-state index in [9.17, 15) is 4.79 Å². The summed E-state index contributed by atoms with van der Waals surface area (Å²) in [7, 11) is 0. The van der Waals surface area contributed by atoms with Crippen LogP contribution in [0.3, 0.4) is 0 Å². The summed E-state index contributed by atoms with van der Waals surface area (Å²) in [5, 5.41) is 2.95. The molecule has 0 aliphatic rings. The maximum atomic E-state index is 12.1. The second-order valence-corrected chi connectivity index (χ2v) is 4.96. The lowest BCUT2D eigenvalue weighted by Crippen LogP contribution is -2.25. The molecule has 0 saturated heterocycles. The number of amides is 1. The number of rotatable bonds is 5. The molecule has 0 aliphatic heterocycles. The van der Waals surface area contributed by atoms with Crippen LogP contribution in [0.4, 0.5) is 0 Å². The normalized spacial score (nSPS) is 10.7. The molecule has 3 rings (SSSR count). The summed E-state index contributed by atoms with van der Waals surface area (Å²) in [5.74, 6) is -0.0429. The van der Waals surface area contributed by atoms with Crippen LogP contribution in [0.1, 0.15) is 22.3 Å². The Morgan fingerprint density at radius 2 is 2.00 bits per heavy atom. The number of fused-ring (bicyclic) bond motifs is 1. The lowest BCUT2D eigenvalue weighted by atomic mass is 10.1. The van der Waals surface area contributed by atoms with Gasteiger partial charge in [-0.25, -0.2) is 4.98 Å². The predicted molar refractivity (Wildman–Crippen MR) is 82.3 cm³/mol. The van der Waals surface area contributed by atoms with Crippen LogP contribution in [0.5, 0.6) is 0 Å². The number of carbonyl (C=O) groups is 1. The number of imidazole rings is 1. The molecule has 0 bridgehead atoms. The molecule has 0 aliphatic carbocycles. The molecule has 1 aromatic carbocycles. The standard InChI is InChI=1S/C17H17N3O/c21-17(15-8-9-16-18-11-12-20(16)13-15)19-10-4-7-14-5-2-1-3-6-14/h1-3,5-6,8-9,11-13H,4,7,10H2,(H,19,21). The molecule has 0 fully saturated rings. The first-order chi connectivity index (χ1) is 10.3. The van der Waals surface area contributed by atoms with E-state index in [1.807, 2.05) is 34.9 Å². The first-order valence-electron chi connectivity index (χ1n) is 7.08. The third-order valence-electron chi connectivity index (χ3n) is 3.42. The van der Waals surface area contributed by atoms with Crippen LogP contribution in [-0.4, -0.2) is 21.8 Å². The van der Waals surface area contributed by atoms with E-state index in [-0.39, 0.29) is 5.91 Å². The first-order valence-corrected chi connectivity index (χ1v) is 7.08. The Morgan fingerprint density at radius 3 is 2.86 bits per heavy atom. The van der Waals surface area contributed by atoms with Crippen molar-refractivity contribution in [3.05, 3.63) is 72.2 Å². The summed E-state index contributed by atoms with van der Waals surface area (Å²) in [4.78, 5) is 16.2. The average molecular weight is 279 g/mol. The Morgan fingerprint density at radius 1 is 1.14 bits per heavy atom. The van der Waals surface area contributed by atoms with Gasteiger partial charge in [0, 0.05) is 25.1 Å². The molecule has 3 aromatic rings. The fourth-order valence-electron chi connectivity index (χ4n) is 2.30. The van der Waals surface area contributed by atoms with Crippen LogP contribution in [0, 0.1) is 0 Å². The zero-order valence-corrected chi connectivity index (χ0v) is 11.7. The average Bonchev–Trinajstić information content (AvgIpc) is 3.00. The minimum absolute atomic E-state index is 0.0429. The second-order valence-electron chi connectivity index (χ2n) is 4.96. The van der Waals surface area contributed by atoms with Gasteiger partial charge in [0.2, 0.25) is 0 Å². The molecule has 0 spiro atoms. The Hall–Kier alpha value is -2.62. The van der Waals surface area contributed by atoms with Gasteiger partial charge in [-0.05, 0) is 30.5 Å². The fraction of sp³-hybridized carbons (Fsp3) is 0.176. The molecule has 4 nitrogen and oxygen atoms in total. The summed E-state index contributed by atoms with van der Waals surface area (Å²) in [5.41, 5.74) is 2.79. The molecular formula is C17H17N3O. The zero-order chi connectivity index (χ0) is 14.5. The quantitative estimate of drug-likeness (QED) is 0.730. The number of hydrogen-bond donors (Lipinski definition) is 1. The lowest BCUT2D eigenvalue weighted by molar-refractivity contribution is 0.0953. The highest BCUT2D eigenvalue weighted by Crippen LogP contribution is 2.05. The third-order valence-corrected chi connectivity index (χ3v) is 3.42. The maximum Gasteiger partial charge on any atom is 0.252 e. The number of nitrogens with one attached hydrogen (secondary N) is 1. The van der Waals surface area contributed by atoms with Gasteiger partial charge in [0.05, 0.1) is 5.56 Å². The molecule has 106 valence electrons. The highest BCUT2D eigenvalue weighted by molar-refractivity contribution is 5.94. The van der Waals surface area contributed by atoms with Crippen LogP contribution in [0.2, 0.25) is 0 Å². The number of carbonyl (C=O) groups excluding carboxylic acids is 1. The van der Waals surface area contributed by atoms with E-state index in [0.717, 1.165) is 18.5 Å². The minimum atomic E-state index is -0.0429. The van der Waals surface area contributed by atoms with Crippen molar-refractivity contribution in [2.24, 2.45) is 0 Å². The zero-order valence-electron chi connectivity index (χ0n) is 11.7. The van der Waals surface area contributed by atoms with Gasteiger partial charge in [-0.1, -0.05) is 30.3 Å². The summed E-state index contributed by atoms with van der Waals surface area (Å²) >= 11 is 0. The van der Waals surface area contributed by atoms with Crippen molar-refractivity contribution in [2.45, 2.75) is 12.8 Å². The number of pyridine rings is 1. The molecule has 4 heteroatoms. The van der Waals surface area contributed by atoms with Gasteiger partial charge in [0.25, 0.3) is 5.91 Å². The van der Waals surface area contributed by atoms with Crippen molar-refractivity contribution < 1.29 is 4.79 Å². The van der Waals surface area contributed by atoms with E-state index in [0.29, 0.717) is 12.1 Å². The number of aryl methyl sites for hydroxylation is 1. The van der Waals surface area contributed by atoms with E-state index in [1.165, 1.54) is 5.56 Å². The molecule has 1 N–H and O–H groups in total. The van der Waals surface area contributed by atoms with Gasteiger partial charge in [-0.15, -0.1) is 0 Å². The van der Waals surface area contributed by atoms with E-state index in [4.69, 9.17) is 0 Å². The molecule has 0 unspecified atom stereocenters. The molecule has 0 radical (unpaired) electrons. The van der Waals surface area contributed by atoms with Crippen LogP contribution in [0.15, 0.2) is 61.1 Å². The Kier molecular flexibility index (Phi) is 3.96. The van der Waals surface area contributed by atoms with Gasteiger partial charge < -0.3 is 9.72 Å². The smallest absolute Gasteiger partial charge is 0.252 e. The largest absolute Gasteiger partial charge is 0.352 e. The van der Waals surface area contributed by atoms with Gasteiger partial charge >= 0.3 is 0 Å². The highest BCUT2D eigenvalue weighted by atomic mass is 16.1. The fourth-order valence-corrected chi connectivity index (χ4v) is 2.30. The van der Waals surface area contributed by atoms with E-state index >= 15 is 0 Å². The van der Waals surface area contributed by atoms with Crippen molar-refractivity contribution in [1.82, 2.24) is 14.7 Å². The number of benzene rings is 1. The van der Waals surface area contributed by atoms with E-state index in [1.54, 1.807) is 18.5 Å². The van der Waals surface area contributed by atoms with Crippen molar-refractivity contribution in [3.8, 4) is 0 Å². The molecule has 0 saturated carbocycles. The van der Waals surface area contributed by atoms with E-state index < -0.39 is 0 Å². The number of aromatic nitrogens is 2. The molecule has 1 amide bonds. The van der Waals surface area contributed by atoms with Crippen molar-refractivity contribution in [2.75, 3.05) is 6.54 Å². The van der Waals surface area contributed by atoms with Crippen molar-refractivity contribution >= 4 is 11.6 Å². The predicted octanol–water partition coefficient (Wildman–Crippen LogP) is 2.70. The molecule has 0 atom stereocenters. The maximum absolute atomic E-state index is 12.1. The summed E-state index contributed by atoms with van der Waals surface area (Å²) < 4.78 is 1.85. The first kappa shape index (κ1) is 13.4. The molecular weight excluding hydrogens is 262 g/mol. The molecule has 2 heterocycles. The summed E-state index contributed by atoms with van der Waals surface area (Å²) in [6.45, 7) is 0.676. The van der Waals surface area contributed by atoms with Gasteiger partial charge in [-0.2, -0.15) is 0 Å². The van der Waals surface area contributed by atoms with Crippen LogP contribution < -0.4 is 5.32 Å². The summed E-state index contributed by atoms with van der Waals surface area (Å²) in [6.07, 6.45) is 7.26. The highest BCUT2D eigenvalue weighted by Gasteiger charge is 2.06. The van der Waals surface area contributed by atoms with Crippen LogP contribution in [-0.2, 0) is 6.42 Å². The SMILES string of the molecule is O=C(NCCCc1ccccc1)c1ccc2nccn2c1. The topological polar surface area (TPSA) is 46.4 Å². The lowest BCUT2D eigenvalue weighted by Gasteiger charge is -2.06. The van der Waals surface area contributed by atoms with Gasteiger partial charge in [0.1, 0.15) is 5.65 Å². The second kappa shape index (κ2) is 6.22.